The lowest BCUT2D eigenvalue weighted by atomic mass is 9.81. The monoisotopic (exact) mass is 367 g/mol. The number of aliphatic carboxylic acids is 1. The van der Waals surface area contributed by atoms with E-state index in [0.717, 1.165) is 18.9 Å². The average molecular weight is 367 g/mol. The average Bonchev–Trinajstić information content (AvgIpc) is 3.33. The van der Waals surface area contributed by atoms with Crippen molar-refractivity contribution in [3.63, 3.8) is 0 Å². The van der Waals surface area contributed by atoms with Crippen LogP contribution in [0.3, 0.4) is 0 Å². The number of hydrogen-bond acceptors (Lipinski definition) is 4. The zero-order valence-electron chi connectivity index (χ0n) is 15.4. The van der Waals surface area contributed by atoms with Crippen LogP contribution in [-0.2, 0) is 19.7 Å². The number of ether oxygens (including phenoxy) is 2. The number of halogens is 1. The fourth-order valence-electron chi connectivity index (χ4n) is 2.50. The highest BCUT2D eigenvalue weighted by atomic mass is 19.1. The van der Waals surface area contributed by atoms with Crippen molar-refractivity contribution in [2.75, 3.05) is 19.8 Å². The Morgan fingerprint density at radius 2 is 2.00 bits per heavy atom. The molecule has 7 heteroatoms. The Hall–Kier alpha value is -2.15. The number of alkyl carbamates (subject to hydrolysis) is 1. The number of carboxylic acids is 1. The minimum absolute atomic E-state index is 0.169. The molecule has 2 N–H and O–H groups in total. The standard InChI is InChI=1S/C19H26FNO5/c1-18(2,3)26-17(24)21-11-19(16(22)23,12-25-10-13-7-8-13)14-5-4-6-15(20)9-14/h4-6,9,13H,7-8,10-12H2,1-3H3,(H,21,24)(H,22,23). The highest BCUT2D eigenvalue weighted by molar-refractivity contribution is 5.83. The number of benzene rings is 1. The summed E-state index contributed by atoms with van der Waals surface area (Å²) >= 11 is 0. The molecule has 144 valence electrons. The predicted octanol–water partition coefficient (Wildman–Crippen LogP) is 3.10. The molecule has 1 aliphatic carbocycles. The fraction of sp³-hybridized carbons (Fsp3) is 0.579. The summed E-state index contributed by atoms with van der Waals surface area (Å²) in [5.41, 5.74) is -2.08. The zero-order valence-corrected chi connectivity index (χ0v) is 15.4. The lowest BCUT2D eigenvalue weighted by Crippen LogP contribution is -2.50. The molecule has 6 nitrogen and oxygen atoms in total. The van der Waals surface area contributed by atoms with Gasteiger partial charge in [-0.05, 0) is 57.2 Å². The van der Waals surface area contributed by atoms with Gasteiger partial charge < -0.3 is 19.9 Å². The quantitative estimate of drug-likeness (QED) is 0.737. The molecule has 1 aromatic carbocycles. The zero-order chi connectivity index (χ0) is 19.4. The molecule has 0 spiro atoms. The van der Waals surface area contributed by atoms with Crippen LogP contribution >= 0.6 is 0 Å². The second-order valence-corrected chi connectivity index (χ2v) is 7.71. The van der Waals surface area contributed by atoms with Crippen molar-refractivity contribution in [3.8, 4) is 0 Å². The Kier molecular flexibility index (Phi) is 6.23. The second kappa shape index (κ2) is 8.03. The molecular weight excluding hydrogens is 341 g/mol. The smallest absolute Gasteiger partial charge is 0.407 e. The topological polar surface area (TPSA) is 84.9 Å². The first-order chi connectivity index (χ1) is 12.1. The molecule has 0 heterocycles. The number of nitrogens with one attached hydrogen (secondary N) is 1. The molecule has 1 aromatic rings. The molecule has 2 rings (SSSR count). The van der Waals surface area contributed by atoms with Crippen LogP contribution in [0.5, 0.6) is 0 Å². The number of rotatable bonds is 8. The Bertz CT molecular complexity index is 654. The van der Waals surface area contributed by atoms with Gasteiger partial charge in [-0.1, -0.05) is 12.1 Å². The van der Waals surface area contributed by atoms with E-state index in [2.05, 4.69) is 5.32 Å². The number of amides is 1. The first-order valence-corrected chi connectivity index (χ1v) is 8.66. The molecule has 26 heavy (non-hydrogen) atoms. The maximum atomic E-state index is 13.7. The van der Waals surface area contributed by atoms with Gasteiger partial charge in [0.2, 0.25) is 0 Å². The number of carbonyl (C=O) groups excluding carboxylic acids is 1. The van der Waals surface area contributed by atoms with E-state index in [1.807, 2.05) is 0 Å². The summed E-state index contributed by atoms with van der Waals surface area (Å²) in [6, 6.07) is 5.36. The summed E-state index contributed by atoms with van der Waals surface area (Å²) in [4.78, 5) is 24.1. The molecule has 0 radical (unpaired) electrons. The van der Waals surface area contributed by atoms with Gasteiger partial charge in [-0.2, -0.15) is 0 Å². The first-order valence-electron chi connectivity index (χ1n) is 8.66. The van der Waals surface area contributed by atoms with Gasteiger partial charge in [0.25, 0.3) is 0 Å². The lowest BCUT2D eigenvalue weighted by Gasteiger charge is -2.30. The summed E-state index contributed by atoms with van der Waals surface area (Å²) in [5, 5.41) is 12.4. The number of hydrogen-bond donors (Lipinski definition) is 2. The largest absolute Gasteiger partial charge is 0.480 e. The van der Waals surface area contributed by atoms with Crippen molar-refractivity contribution in [2.24, 2.45) is 5.92 Å². The molecule has 1 unspecified atom stereocenters. The number of carbonyl (C=O) groups is 2. The van der Waals surface area contributed by atoms with Crippen LogP contribution < -0.4 is 5.32 Å². The molecule has 1 fully saturated rings. The minimum atomic E-state index is -1.60. The van der Waals surface area contributed by atoms with Gasteiger partial charge in [0, 0.05) is 13.2 Å². The van der Waals surface area contributed by atoms with Gasteiger partial charge >= 0.3 is 12.1 Å². The van der Waals surface area contributed by atoms with Gasteiger partial charge in [0.15, 0.2) is 0 Å². The van der Waals surface area contributed by atoms with Crippen molar-refractivity contribution in [3.05, 3.63) is 35.6 Å². The lowest BCUT2D eigenvalue weighted by molar-refractivity contribution is -0.146. The Labute approximate surface area is 152 Å². The van der Waals surface area contributed by atoms with Gasteiger partial charge in [-0.3, -0.25) is 4.79 Å². The molecule has 1 aliphatic rings. The fourth-order valence-corrected chi connectivity index (χ4v) is 2.50. The van der Waals surface area contributed by atoms with E-state index in [0.29, 0.717) is 12.5 Å². The third kappa shape index (κ3) is 5.69. The molecule has 1 saturated carbocycles. The highest BCUT2D eigenvalue weighted by Crippen LogP contribution is 2.31. The Morgan fingerprint density at radius 1 is 1.31 bits per heavy atom. The second-order valence-electron chi connectivity index (χ2n) is 7.71. The molecule has 0 bridgehead atoms. The van der Waals surface area contributed by atoms with Crippen molar-refractivity contribution in [2.45, 2.75) is 44.6 Å². The van der Waals surface area contributed by atoms with Gasteiger partial charge in [0.05, 0.1) is 6.61 Å². The molecule has 1 atom stereocenters. The van der Waals surface area contributed by atoms with Gasteiger partial charge in [-0.25, -0.2) is 9.18 Å². The van der Waals surface area contributed by atoms with Crippen LogP contribution in [0, 0.1) is 11.7 Å². The molecular formula is C19H26FNO5. The van der Waals surface area contributed by atoms with Crippen LogP contribution in [0.4, 0.5) is 9.18 Å². The summed E-state index contributed by atoms with van der Waals surface area (Å²) in [7, 11) is 0. The van der Waals surface area contributed by atoms with E-state index in [-0.39, 0.29) is 18.7 Å². The van der Waals surface area contributed by atoms with Crippen molar-refractivity contribution in [1.29, 1.82) is 0 Å². The third-order valence-corrected chi connectivity index (χ3v) is 4.12. The Morgan fingerprint density at radius 3 is 2.54 bits per heavy atom. The van der Waals surface area contributed by atoms with E-state index in [9.17, 15) is 19.1 Å². The highest BCUT2D eigenvalue weighted by Gasteiger charge is 2.42. The van der Waals surface area contributed by atoms with E-state index in [1.54, 1.807) is 20.8 Å². The third-order valence-electron chi connectivity index (χ3n) is 4.12. The van der Waals surface area contributed by atoms with Crippen molar-refractivity contribution < 1.29 is 28.6 Å². The number of carboxylic acid groups (broad SMARTS) is 1. The van der Waals surface area contributed by atoms with Crippen LogP contribution in [0.25, 0.3) is 0 Å². The van der Waals surface area contributed by atoms with Crippen LogP contribution in [0.15, 0.2) is 24.3 Å². The Balaban J connectivity index is 2.19. The summed E-state index contributed by atoms with van der Waals surface area (Å²) in [6.45, 7) is 5.15. The van der Waals surface area contributed by atoms with Crippen molar-refractivity contribution >= 4 is 12.1 Å². The van der Waals surface area contributed by atoms with Crippen LogP contribution in [-0.4, -0.2) is 42.5 Å². The molecule has 0 saturated heterocycles. The van der Waals surface area contributed by atoms with E-state index >= 15 is 0 Å². The van der Waals surface area contributed by atoms with E-state index < -0.39 is 28.9 Å². The minimum Gasteiger partial charge on any atom is -0.480 e. The normalized spacial score (nSPS) is 16.6. The summed E-state index contributed by atoms with van der Waals surface area (Å²) in [6.07, 6.45) is 1.40. The molecule has 0 aromatic heterocycles. The first kappa shape index (κ1) is 20.2. The SMILES string of the molecule is CC(C)(C)OC(=O)NCC(COCC1CC1)(C(=O)O)c1cccc(F)c1. The summed E-state index contributed by atoms with van der Waals surface area (Å²) < 4.78 is 24.5. The summed E-state index contributed by atoms with van der Waals surface area (Å²) in [5.74, 6) is -1.30. The van der Waals surface area contributed by atoms with Crippen LogP contribution in [0.2, 0.25) is 0 Å². The van der Waals surface area contributed by atoms with E-state index in [4.69, 9.17) is 9.47 Å². The van der Waals surface area contributed by atoms with Crippen molar-refractivity contribution in [1.82, 2.24) is 5.32 Å². The molecule has 1 amide bonds. The van der Waals surface area contributed by atoms with E-state index in [1.165, 1.54) is 18.2 Å². The molecule has 0 aliphatic heterocycles. The predicted molar refractivity (Wildman–Crippen MR) is 93.5 cm³/mol. The van der Waals surface area contributed by atoms with Crippen LogP contribution in [0.1, 0.15) is 39.2 Å². The van der Waals surface area contributed by atoms with Gasteiger partial charge in [0.1, 0.15) is 16.8 Å². The maximum absolute atomic E-state index is 13.7. The van der Waals surface area contributed by atoms with Gasteiger partial charge in [-0.15, -0.1) is 0 Å². The maximum Gasteiger partial charge on any atom is 0.407 e.